The lowest BCUT2D eigenvalue weighted by molar-refractivity contribution is 0.537. The number of hydrogen-bond acceptors (Lipinski definition) is 2. The van der Waals surface area contributed by atoms with Gasteiger partial charge in [0.2, 0.25) is 0 Å². The second kappa shape index (κ2) is 6.91. The molecule has 1 N–H and O–H groups in total. The lowest BCUT2D eigenvalue weighted by atomic mass is 10.2. The summed E-state index contributed by atoms with van der Waals surface area (Å²) >= 11 is 6.05. The minimum atomic E-state index is 0.653. The number of rotatable bonds is 6. The second-order valence-corrected chi connectivity index (χ2v) is 5.97. The van der Waals surface area contributed by atoms with E-state index in [0.717, 1.165) is 30.5 Å². The van der Waals surface area contributed by atoms with Gasteiger partial charge in [-0.15, -0.1) is 0 Å². The zero-order chi connectivity index (χ0) is 14.5. The van der Waals surface area contributed by atoms with Crippen molar-refractivity contribution in [2.24, 2.45) is 5.92 Å². The van der Waals surface area contributed by atoms with Gasteiger partial charge in [0.1, 0.15) is 5.82 Å². The second-order valence-electron chi connectivity index (χ2n) is 5.54. The standard InChI is InChI=1S/C16H22ClN3/c1-12(2)8-18-9-16-10-19-13(3)20(16)11-14-5-4-6-15(17)7-14/h4-7,10,12,18H,8-9,11H2,1-3H3. The molecule has 0 bridgehead atoms. The molecule has 20 heavy (non-hydrogen) atoms. The molecule has 0 amide bonds. The van der Waals surface area contributed by atoms with E-state index >= 15 is 0 Å². The molecule has 0 aliphatic carbocycles. The Morgan fingerprint density at radius 1 is 1.35 bits per heavy atom. The van der Waals surface area contributed by atoms with Gasteiger partial charge in [-0.05, 0) is 37.1 Å². The Kier molecular flexibility index (Phi) is 5.21. The third-order valence-corrected chi connectivity index (χ3v) is 3.46. The Balaban J connectivity index is 2.09. The average Bonchev–Trinajstić information content (AvgIpc) is 2.71. The molecule has 1 aromatic carbocycles. The third kappa shape index (κ3) is 4.09. The highest BCUT2D eigenvalue weighted by Crippen LogP contribution is 2.14. The van der Waals surface area contributed by atoms with E-state index in [0.29, 0.717) is 5.92 Å². The van der Waals surface area contributed by atoms with Crippen LogP contribution in [0.25, 0.3) is 0 Å². The number of aromatic nitrogens is 2. The van der Waals surface area contributed by atoms with Gasteiger partial charge in [0.25, 0.3) is 0 Å². The van der Waals surface area contributed by atoms with Crippen molar-refractivity contribution < 1.29 is 0 Å². The zero-order valence-electron chi connectivity index (χ0n) is 12.4. The van der Waals surface area contributed by atoms with Crippen LogP contribution in [0.2, 0.25) is 5.02 Å². The summed E-state index contributed by atoms with van der Waals surface area (Å²) in [6.07, 6.45) is 1.95. The van der Waals surface area contributed by atoms with Crippen molar-refractivity contribution in [1.82, 2.24) is 14.9 Å². The van der Waals surface area contributed by atoms with Crippen molar-refractivity contribution >= 4 is 11.6 Å². The van der Waals surface area contributed by atoms with Crippen LogP contribution in [-0.4, -0.2) is 16.1 Å². The summed E-state index contributed by atoms with van der Waals surface area (Å²) in [5.41, 5.74) is 2.41. The molecule has 0 saturated heterocycles. The van der Waals surface area contributed by atoms with E-state index in [9.17, 15) is 0 Å². The first kappa shape index (κ1) is 15.1. The van der Waals surface area contributed by atoms with Gasteiger partial charge in [-0.25, -0.2) is 4.98 Å². The number of nitrogens with zero attached hydrogens (tertiary/aromatic N) is 2. The number of nitrogens with one attached hydrogen (secondary N) is 1. The van der Waals surface area contributed by atoms with E-state index in [1.807, 2.05) is 31.3 Å². The molecule has 0 aliphatic heterocycles. The van der Waals surface area contributed by atoms with Gasteiger partial charge in [0, 0.05) is 24.3 Å². The highest BCUT2D eigenvalue weighted by atomic mass is 35.5. The van der Waals surface area contributed by atoms with Crippen LogP contribution < -0.4 is 5.32 Å². The molecule has 2 aromatic rings. The Morgan fingerprint density at radius 3 is 2.85 bits per heavy atom. The zero-order valence-corrected chi connectivity index (χ0v) is 13.1. The summed E-state index contributed by atoms with van der Waals surface area (Å²) in [5, 5.41) is 4.24. The van der Waals surface area contributed by atoms with E-state index in [1.165, 1.54) is 11.3 Å². The summed E-state index contributed by atoms with van der Waals surface area (Å²) in [4.78, 5) is 4.42. The topological polar surface area (TPSA) is 29.9 Å². The van der Waals surface area contributed by atoms with E-state index in [-0.39, 0.29) is 0 Å². The summed E-state index contributed by atoms with van der Waals surface area (Å²) in [6, 6.07) is 7.99. The van der Waals surface area contributed by atoms with Crippen LogP contribution in [0.3, 0.4) is 0 Å². The number of halogens is 1. The van der Waals surface area contributed by atoms with Crippen molar-refractivity contribution in [3.8, 4) is 0 Å². The minimum Gasteiger partial charge on any atom is -0.327 e. The van der Waals surface area contributed by atoms with Gasteiger partial charge in [-0.2, -0.15) is 0 Å². The van der Waals surface area contributed by atoms with Crippen LogP contribution >= 0.6 is 11.6 Å². The van der Waals surface area contributed by atoms with Crippen LogP contribution in [0.1, 0.15) is 30.9 Å². The number of aryl methyl sites for hydroxylation is 1. The molecule has 2 rings (SSSR count). The van der Waals surface area contributed by atoms with Gasteiger partial charge < -0.3 is 9.88 Å². The van der Waals surface area contributed by atoms with Crippen molar-refractivity contribution in [1.29, 1.82) is 0 Å². The Hall–Kier alpha value is -1.32. The highest BCUT2D eigenvalue weighted by Gasteiger charge is 2.07. The van der Waals surface area contributed by atoms with Crippen LogP contribution in [0, 0.1) is 12.8 Å². The first-order valence-corrected chi connectivity index (χ1v) is 7.40. The lowest BCUT2D eigenvalue weighted by Gasteiger charge is -2.12. The van der Waals surface area contributed by atoms with E-state index in [2.05, 4.69) is 34.8 Å². The van der Waals surface area contributed by atoms with E-state index in [4.69, 9.17) is 11.6 Å². The molecule has 0 aliphatic rings. The predicted octanol–water partition coefficient (Wildman–Crippen LogP) is 3.64. The number of benzene rings is 1. The summed E-state index contributed by atoms with van der Waals surface area (Å²) in [7, 11) is 0. The fourth-order valence-electron chi connectivity index (χ4n) is 2.18. The fraction of sp³-hybridized carbons (Fsp3) is 0.438. The van der Waals surface area contributed by atoms with Gasteiger partial charge in [0.15, 0.2) is 0 Å². The largest absolute Gasteiger partial charge is 0.327 e. The fourth-order valence-corrected chi connectivity index (χ4v) is 2.39. The minimum absolute atomic E-state index is 0.653. The molecule has 0 spiro atoms. The average molecular weight is 292 g/mol. The van der Waals surface area contributed by atoms with Crippen LogP contribution in [-0.2, 0) is 13.1 Å². The number of hydrogen-bond donors (Lipinski definition) is 1. The molecule has 0 unspecified atom stereocenters. The predicted molar refractivity (Wildman–Crippen MR) is 84.1 cm³/mol. The van der Waals surface area contributed by atoms with Crippen LogP contribution in [0.4, 0.5) is 0 Å². The molecular formula is C16H22ClN3. The smallest absolute Gasteiger partial charge is 0.106 e. The van der Waals surface area contributed by atoms with Gasteiger partial charge in [0.05, 0.1) is 5.69 Å². The summed E-state index contributed by atoms with van der Waals surface area (Å²) in [5.74, 6) is 1.69. The monoisotopic (exact) mass is 291 g/mol. The molecule has 0 radical (unpaired) electrons. The third-order valence-electron chi connectivity index (χ3n) is 3.23. The van der Waals surface area contributed by atoms with Gasteiger partial charge in [-0.3, -0.25) is 0 Å². The lowest BCUT2D eigenvalue weighted by Crippen LogP contribution is -2.21. The van der Waals surface area contributed by atoms with Gasteiger partial charge >= 0.3 is 0 Å². The maximum atomic E-state index is 6.05. The van der Waals surface area contributed by atoms with Crippen molar-refractivity contribution in [2.75, 3.05) is 6.54 Å². The maximum absolute atomic E-state index is 6.05. The molecule has 1 aromatic heterocycles. The quantitative estimate of drug-likeness (QED) is 0.880. The maximum Gasteiger partial charge on any atom is 0.106 e. The first-order chi connectivity index (χ1) is 9.56. The Bertz CT molecular complexity index is 561. The molecule has 1 heterocycles. The highest BCUT2D eigenvalue weighted by molar-refractivity contribution is 6.30. The van der Waals surface area contributed by atoms with Crippen LogP contribution in [0.15, 0.2) is 30.5 Å². The molecule has 0 atom stereocenters. The summed E-state index contributed by atoms with van der Waals surface area (Å²) < 4.78 is 2.24. The van der Waals surface area contributed by atoms with Crippen molar-refractivity contribution in [3.05, 3.63) is 52.6 Å². The number of imidazole rings is 1. The van der Waals surface area contributed by atoms with Gasteiger partial charge in [-0.1, -0.05) is 37.6 Å². The van der Waals surface area contributed by atoms with Crippen molar-refractivity contribution in [3.63, 3.8) is 0 Å². The first-order valence-electron chi connectivity index (χ1n) is 7.02. The van der Waals surface area contributed by atoms with E-state index < -0.39 is 0 Å². The molecule has 0 fully saturated rings. The van der Waals surface area contributed by atoms with Crippen LogP contribution in [0.5, 0.6) is 0 Å². The molecule has 3 nitrogen and oxygen atoms in total. The Morgan fingerprint density at radius 2 is 2.15 bits per heavy atom. The van der Waals surface area contributed by atoms with E-state index in [1.54, 1.807) is 0 Å². The normalized spacial score (nSPS) is 11.2. The molecule has 0 saturated carbocycles. The Labute approximate surface area is 126 Å². The molecule has 4 heteroatoms. The SMILES string of the molecule is Cc1ncc(CNCC(C)C)n1Cc1cccc(Cl)c1. The molecule has 108 valence electrons. The summed E-state index contributed by atoms with van der Waals surface area (Å²) in [6.45, 7) is 9.13. The molecular weight excluding hydrogens is 270 g/mol. The van der Waals surface area contributed by atoms with Crippen molar-refractivity contribution in [2.45, 2.75) is 33.9 Å².